The lowest BCUT2D eigenvalue weighted by Crippen LogP contribution is -1.98. The molecule has 50 heavy (non-hydrogen) atoms. The lowest BCUT2D eigenvalue weighted by atomic mass is 10.0. The molecule has 234 valence electrons. The predicted octanol–water partition coefficient (Wildman–Crippen LogP) is 12.6. The molecule has 3 nitrogen and oxygen atoms in total. The summed E-state index contributed by atoms with van der Waals surface area (Å²) in [6.07, 6.45) is 0. The van der Waals surface area contributed by atoms with E-state index in [1.807, 2.05) is 17.4 Å². The van der Waals surface area contributed by atoms with Gasteiger partial charge in [-0.15, -0.1) is 11.3 Å². The van der Waals surface area contributed by atoms with Crippen LogP contribution in [0.25, 0.3) is 92.7 Å². The normalized spacial score (nSPS) is 11.6. The summed E-state index contributed by atoms with van der Waals surface area (Å²) in [5.74, 6) is 0.701. The average Bonchev–Trinajstić information content (AvgIpc) is 3.73. The molecule has 10 aromatic rings. The highest BCUT2D eigenvalue weighted by Crippen LogP contribution is 2.38. The minimum Gasteiger partial charge on any atom is -0.309 e. The van der Waals surface area contributed by atoms with Crippen LogP contribution in [0.5, 0.6) is 0 Å². The van der Waals surface area contributed by atoms with Crippen LogP contribution in [-0.4, -0.2) is 14.5 Å². The number of benzene rings is 7. The molecular weight excluding hydrogens is 627 g/mol. The standard InChI is InChI=1S/C46H29N3S/c1-3-12-30(13-4-1)32-23-25-43-39(27-32)36-18-7-9-20-42(36)49(43)35-17-11-16-34(26-35)46-47-40(31-14-5-2-6-15-31)29-41(48-46)33-22-24-38-37-19-8-10-21-44(37)50-45(38)28-33/h1-29H. The van der Waals surface area contributed by atoms with E-state index in [-0.39, 0.29) is 0 Å². The molecule has 0 aliphatic rings. The van der Waals surface area contributed by atoms with Gasteiger partial charge < -0.3 is 4.57 Å². The SMILES string of the molecule is c1ccc(-c2ccc3c(c2)c2ccccc2n3-c2cccc(-c3nc(-c4ccccc4)cc(-c4ccc5c(c4)sc4ccccc45)n3)c2)cc1. The Morgan fingerprint density at radius 2 is 1.00 bits per heavy atom. The second-order valence-electron chi connectivity index (χ2n) is 12.6. The van der Waals surface area contributed by atoms with Crippen molar-refractivity contribution in [2.45, 2.75) is 0 Å². The van der Waals surface area contributed by atoms with Crippen LogP contribution in [0.15, 0.2) is 176 Å². The molecule has 0 atom stereocenters. The molecule has 0 spiro atoms. The molecule has 0 fully saturated rings. The molecule has 10 rings (SSSR count). The van der Waals surface area contributed by atoms with Crippen molar-refractivity contribution in [2.75, 3.05) is 0 Å². The number of aromatic nitrogens is 3. The highest BCUT2D eigenvalue weighted by atomic mass is 32.1. The first kappa shape index (κ1) is 28.6. The van der Waals surface area contributed by atoms with E-state index in [1.165, 1.54) is 53.1 Å². The van der Waals surface area contributed by atoms with E-state index >= 15 is 0 Å². The Hall–Kier alpha value is -6.36. The maximum Gasteiger partial charge on any atom is 0.160 e. The van der Waals surface area contributed by atoms with Crippen molar-refractivity contribution < 1.29 is 0 Å². The number of nitrogens with zero attached hydrogens (tertiary/aromatic N) is 3. The third-order valence-electron chi connectivity index (χ3n) is 9.61. The Morgan fingerprint density at radius 3 is 1.84 bits per heavy atom. The van der Waals surface area contributed by atoms with Crippen LogP contribution in [0.4, 0.5) is 0 Å². The molecule has 0 saturated heterocycles. The van der Waals surface area contributed by atoms with Crippen LogP contribution in [0.2, 0.25) is 0 Å². The molecule has 0 saturated carbocycles. The molecule has 0 aliphatic heterocycles. The molecule has 0 amide bonds. The Morgan fingerprint density at radius 1 is 0.360 bits per heavy atom. The molecule has 4 heteroatoms. The van der Waals surface area contributed by atoms with Gasteiger partial charge in [-0.2, -0.15) is 0 Å². The summed E-state index contributed by atoms with van der Waals surface area (Å²) < 4.78 is 4.92. The van der Waals surface area contributed by atoms with Crippen molar-refractivity contribution >= 4 is 53.3 Å². The van der Waals surface area contributed by atoms with E-state index in [2.05, 4.69) is 174 Å². The summed E-state index contributed by atoms with van der Waals surface area (Å²) >= 11 is 1.83. The van der Waals surface area contributed by atoms with Crippen molar-refractivity contribution in [3.63, 3.8) is 0 Å². The second-order valence-corrected chi connectivity index (χ2v) is 13.7. The highest BCUT2D eigenvalue weighted by Gasteiger charge is 2.16. The number of rotatable bonds is 5. The minimum atomic E-state index is 0.701. The Bertz CT molecular complexity index is 2870. The molecule has 0 radical (unpaired) electrons. The van der Waals surface area contributed by atoms with Crippen molar-refractivity contribution in [1.82, 2.24) is 14.5 Å². The van der Waals surface area contributed by atoms with Crippen LogP contribution >= 0.6 is 11.3 Å². The van der Waals surface area contributed by atoms with Crippen LogP contribution in [0, 0.1) is 0 Å². The quantitative estimate of drug-likeness (QED) is 0.185. The van der Waals surface area contributed by atoms with E-state index in [0.29, 0.717) is 5.82 Å². The van der Waals surface area contributed by atoms with Gasteiger partial charge in [0.25, 0.3) is 0 Å². The maximum atomic E-state index is 5.24. The number of hydrogen-bond donors (Lipinski definition) is 0. The lowest BCUT2D eigenvalue weighted by molar-refractivity contribution is 1.16. The van der Waals surface area contributed by atoms with E-state index in [9.17, 15) is 0 Å². The smallest absolute Gasteiger partial charge is 0.160 e. The summed E-state index contributed by atoms with van der Waals surface area (Å²) in [5, 5.41) is 5.03. The van der Waals surface area contributed by atoms with Gasteiger partial charge in [-0.05, 0) is 59.7 Å². The molecule has 3 heterocycles. The Balaban J connectivity index is 1.14. The van der Waals surface area contributed by atoms with Gasteiger partial charge in [0.1, 0.15) is 0 Å². The zero-order valence-corrected chi connectivity index (χ0v) is 27.8. The first-order valence-corrected chi connectivity index (χ1v) is 17.6. The van der Waals surface area contributed by atoms with Crippen LogP contribution in [0.3, 0.4) is 0 Å². The molecule has 7 aromatic carbocycles. The van der Waals surface area contributed by atoms with Crippen molar-refractivity contribution in [3.8, 4) is 50.7 Å². The van der Waals surface area contributed by atoms with Crippen molar-refractivity contribution in [2.24, 2.45) is 0 Å². The van der Waals surface area contributed by atoms with Gasteiger partial charge in [-0.3, -0.25) is 0 Å². The van der Waals surface area contributed by atoms with E-state index in [0.717, 1.165) is 33.8 Å². The van der Waals surface area contributed by atoms with Gasteiger partial charge in [0, 0.05) is 53.3 Å². The molecule has 0 bridgehead atoms. The fourth-order valence-corrected chi connectivity index (χ4v) is 8.36. The number of fused-ring (bicyclic) bond motifs is 6. The fraction of sp³-hybridized carbons (Fsp3) is 0. The lowest BCUT2D eigenvalue weighted by Gasteiger charge is -2.12. The summed E-state index contributed by atoms with van der Waals surface area (Å²) in [6, 6.07) is 62.5. The topological polar surface area (TPSA) is 30.7 Å². The maximum absolute atomic E-state index is 5.24. The van der Waals surface area contributed by atoms with E-state index in [4.69, 9.17) is 9.97 Å². The minimum absolute atomic E-state index is 0.701. The molecule has 3 aromatic heterocycles. The Labute approximate surface area is 293 Å². The number of para-hydroxylation sites is 1. The van der Waals surface area contributed by atoms with Crippen LogP contribution in [-0.2, 0) is 0 Å². The second kappa shape index (κ2) is 11.7. The van der Waals surface area contributed by atoms with Gasteiger partial charge in [0.2, 0.25) is 0 Å². The fourth-order valence-electron chi connectivity index (χ4n) is 7.21. The van der Waals surface area contributed by atoms with Gasteiger partial charge in [0.05, 0.1) is 22.4 Å². The molecule has 0 unspecified atom stereocenters. The zero-order valence-electron chi connectivity index (χ0n) is 27.0. The first-order chi connectivity index (χ1) is 24.8. The monoisotopic (exact) mass is 655 g/mol. The summed E-state index contributed by atoms with van der Waals surface area (Å²) in [5.41, 5.74) is 10.8. The number of thiophene rings is 1. The van der Waals surface area contributed by atoms with E-state index in [1.54, 1.807) is 0 Å². The van der Waals surface area contributed by atoms with Crippen molar-refractivity contribution in [1.29, 1.82) is 0 Å². The predicted molar refractivity (Wildman–Crippen MR) is 211 cm³/mol. The van der Waals surface area contributed by atoms with Crippen LogP contribution < -0.4 is 0 Å². The third kappa shape index (κ3) is 4.80. The average molecular weight is 656 g/mol. The number of hydrogen-bond acceptors (Lipinski definition) is 3. The molecular formula is C46H29N3S. The summed E-state index contributed by atoms with van der Waals surface area (Å²) in [7, 11) is 0. The zero-order chi connectivity index (χ0) is 33.0. The molecule has 0 aliphatic carbocycles. The van der Waals surface area contributed by atoms with Gasteiger partial charge in [-0.25, -0.2) is 9.97 Å². The molecule has 0 N–H and O–H groups in total. The van der Waals surface area contributed by atoms with Gasteiger partial charge >= 0.3 is 0 Å². The van der Waals surface area contributed by atoms with Crippen molar-refractivity contribution in [3.05, 3.63) is 176 Å². The first-order valence-electron chi connectivity index (χ1n) is 16.8. The summed E-state index contributed by atoms with van der Waals surface area (Å²) in [6.45, 7) is 0. The van der Waals surface area contributed by atoms with E-state index < -0.39 is 0 Å². The van der Waals surface area contributed by atoms with Crippen LogP contribution in [0.1, 0.15) is 0 Å². The summed E-state index contributed by atoms with van der Waals surface area (Å²) in [4.78, 5) is 10.4. The Kier molecular flexibility index (Phi) is 6.68. The third-order valence-corrected chi connectivity index (χ3v) is 10.7. The van der Waals surface area contributed by atoms with Gasteiger partial charge in [-0.1, -0.05) is 127 Å². The largest absolute Gasteiger partial charge is 0.309 e. The highest BCUT2D eigenvalue weighted by molar-refractivity contribution is 7.25. The van der Waals surface area contributed by atoms with Gasteiger partial charge in [0.15, 0.2) is 5.82 Å².